The Labute approximate surface area is 131 Å². The van der Waals surface area contributed by atoms with Gasteiger partial charge in [-0.25, -0.2) is 0 Å². The summed E-state index contributed by atoms with van der Waals surface area (Å²) in [6, 6.07) is 15.5. The van der Waals surface area contributed by atoms with Crippen molar-refractivity contribution in [1.29, 1.82) is 0 Å². The maximum absolute atomic E-state index is 5.70. The van der Waals surface area contributed by atoms with E-state index in [9.17, 15) is 0 Å². The topological polar surface area (TPSA) is 86.0 Å². The zero-order chi connectivity index (χ0) is 15.1. The number of ether oxygens (including phenoxy) is 1. The van der Waals surface area contributed by atoms with Gasteiger partial charge in [0.1, 0.15) is 12.4 Å². The Morgan fingerprint density at radius 1 is 1.05 bits per heavy atom. The minimum absolute atomic E-state index is 0.0688. The van der Waals surface area contributed by atoms with Gasteiger partial charge in [0.05, 0.1) is 6.21 Å². The quantitative estimate of drug-likeness (QED) is 0.495. The van der Waals surface area contributed by atoms with E-state index in [0.717, 1.165) is 21.3 Å². The van der Waals surface area contributed by atoms with Crippen LogP contribution in [0.3, 0.4) is 0 Å². The van der Waals surface area contributed by atoms with Crippen molar-refractivity contribution in [3.63, 3.8) is 0 Å². The predicted molar refractivity (Wildman–Crippen MR) is 88.3 cm³/mol. The van der Waals surface area contributed by atoms with Crippen LogP contribution in [0.15, 0.2) is 63.2 Å². The number of guanidine groups is 1. The molecule has 2 aromatic carbocycles. The molecule has 0 aliphatic carbocycles. The summed E-state index contributed by atoms with van der Waals surface area (Å²) in [6.45, 7) is 0.523. The largest absolute Gasteiger partial charge is 0.489 e. The lowest BCUT2D eigenvalue weighted by Crippen LogP contribution is -2.21. The molecule has 0 aliphatic rings. The van der Waals surface area contributed by atoms with Gasteiger partial charge in [-0.3, -0.25) is 0 Å². The van der Waals surface area contributed by atoms with Crippen LogP contribution in [-0.4, -0.2) is 12.2 Å². The molecule has 0 heterocycles. The van der Waals surface area contributed by atoms with Gasteiger partial charge in [0.2, 0.25) is 5.96 Å². The van der Waals surface area contributed by atoms with Gasteiger partial charge >= 0.3 is 0 Å². The van der Waals surface area contributed by atoms with E-state index in [4.69, 9.17) is 16.2 Å². The molecule has 0 aromatic heterocycles. The summed E-state index contributed by atoms with van der Waals surface area (Å²) in [5, 5.41) is 7.27. The zero-order valence-corrected chi connectivity index (χ0v) is 12.8. The highest BCUT2D eigenvalue weighted by atomic mass is 79.9. The van der Waals surface area contributed by atoms with Crippen LogP contribution in [-0.2, 0) is 6.61 Å². The Kier molecular flexibility index (Phi) is 5.34. The second-order valence-electron chi connectivity index (χ2n) is 4.25. The van der Waals surface area contributed by atoms with E-state index in [1.54, 1.807) is 6.21 Å². The summed E-state index contributed by atoms with van der Waals surface area (Å²) in [5.74, 6) is 0.720. The van der Waals surface area contributed by atoms with Gasteiger partial charge in [0, 0.05) is 4.47 Å². The molecule has 0 saturated carbocycles. The number of halogens is 1. The third-order valence-corrected chi connectivity index (χ3v) is 3.11. The summed E-state index contributed by atoms with van der Waals surface area (Å²) in [5.41, 5.74) is 12.3. The standard InChI is InChI=1S/C15H15BrN4O/c16-13-5-1-12(2-6-13)10-21-14-7-3-11(4-8-14)9-19-20-15(17)18/h1-9H,10H2,(H4,17,18,20)/b19-9+. The van der Waals surface area contributed by atoms with Crippen molar-refractivity contribution in [2.45, 2.75) is 6.61 Å². The third kappa shape index (κ3) is 5.27. The molecule has 0 unspecified atom stereocenters. The molecule has 108 valence electrons. The first-order valence-electron chi connectivity index (χ1n) is 6.23. The number of nitrogens with two attached hydrogens (primary N) is 2. The van der Waals surface area contributed by atoms with Crippen molar-refractivity contribution in [1.82, 2.24) is 0 Å². The minimum Gasteiger partial charge on any atom is -0.489 e. The molecule has 0 amide bonds. The predicted octanol–water partition coefficient (Wildman–Crippen LogP) is 2.64. The Bertz CT molecular complexity index is 632. The summed E-state index contributed by atoms with van der Waals surface area (Å²) in [7, 11) is 0. The van der Waals surface area contributed by atoms with E-state index in [1.165, 1.54) is 0 Å². The molecule has 0 radical (unpaired) electrons. The van der Waals surface area contributed by atoms with Gasteiger partial charge in [-0.15, -0.1) is 5.10 Å². The van der Waals surface area contributed by atoms with Gasteiger partial charge in [0.15, 0.2) is 0 Å². The molecule has 0 bridgehead atoms. The molecule has 2 rings (SSSR count). The highest BCUT2D eigenvalue weighted by molar-refractivity contribution is 9.10. The van der Waals surface area contributed by atoms with Gasteiger partial charge < -0.3 is 16.2 Å². The van der Waals surface area contributed by atoms with E-state index in [0.29, 0.717) is 6.61 Å². The van der Waals surface area contributed by atoms with Crippen LogP contribution >= 0.6 is 15.9 Å². The van der Waals surface area contributed by atoms with E-state index in [1.807, 2.05) is 48.5 Å². The van der Waals surface area contributed by atoms with Crippen LogP contribution in [0.5, 0.6) is 5.75 Å². The van der Waals surface area contributed by atoms with E-state index >= 15 is 0 Å². The number of rotatable bonds is 5. The van der Waals surface area contributed by atoms with Crippen molar-refractivity contribution in [2.75, 3.05) is 0 Å². The molecule has 4 N–H and O–H groups in total. The maximum atomic E-state index is 5.70. The molecule has 6 heteroatoms. The fourth-order valence-corrected chi connectivity index (χ4v) is 1.82. The lowest BCUT2D eigenvalue weighted by molar-refractivity contribution is 0.306. The van der Waals surface area contributed by atoms with Crippen LogP contribution in [0.4, 0.5) is 0 Å². The van der Waals surface area contributed by atoms with Crippen LogP contribution in [0.25, 0.3) is 0 Å². The summed E-state index contributed by atoms with van der Waals surface area (Å²) < 4.78 is 6.75. The Hall–Kier alpha value is -2.34. The molecular weight excluding hydrogens is 332 g/mol. The monoisotopic (exact) mass is 346 g/mol. The average Bonchev–Trinajstić information content (AvgIpc) is 2.48. The van der Waals surface area contributed by atoms with Crippen LogP contribution in [0.1, 0.15) is 11.1 Å². The fraction of sp³-hybridized carbons (Fsp3) is 0.0667. The smallest absolute Gasteiger partial charge is 0.211 e. The molecule has 5 nitrogen and oxygen atoms in total. The summed E-state index contributed by atoms with van der Waals surface area (Å²) >= 11 is 3.40. The number of nitrogens with zero attached hydrogens (tertiary/aromatic N) is 2. The first-order valence-corrected chi connectivity index (χ1v) is 7.02. The molecule has 0 aliphatic heterocycles. The third-order valence-electron chi connectivity index (χ3n) is 2.58. The second-order valence-corrected chi connectivity index (χ2v) is 5.17. The van der Waals surface area contributed by atoms with E-state index in [2.05, 4.69) is 26.1 Å². The highest BCUT2D eigenvalue weighted by Gasteiger charge is 1.96. The van der Waals surface area contributed by atoms with Crippen molar-refractivity contribution in [2.24, 2.45) is 21.7 Å². The second kappa shape index (κ2) is 7.44. The van der Waals surface area contributed by atoms with Gasteiger partial charge in [0.25, 0.3) is 0 Å². The molecule has 0 spiro atoms. The number of hydrogen-bond donors (Lipinski definition) is 2. The van der Waals surface area contributed by atoms with Crippen molar-refractivity contribution in [3.8, 4) is 5.75 Å². The SMILES string of the molecule is NC(N)=N/N=C/c1ccc(OCc2ccc(Br)cc2)cc1. The number of hydrogen-bond acceptors (Lipinski definition) is 3. The average molecular weight is 347 g/mol. The molecular formula is C15H15BrN4O. The molecule has 2 aromatic rings. The van der Waals surface area contributed by atoms with E-state index < -0.39 is 0 Å². The Morgan fingerprint density at radius 3 is 2.33 bits per heavy atom. The maximum Gasteiger partial charge on any atom is 0.211 e. The minimum atomic E-state index is -0.0688. The molecule has 21 heavy (non-hydrogen) atoms. The first kappa shape index (κ1) is 15.1. The fourth-order valence-electron chi connectivity index (χ4n) is 1.56. The Morgan fingerprint density at radius 2 is 1.71 bits per heavy atom. The first-order chi connectivity index (χ1) is 10.1. The number of benzene rings is 2. The van der Waals surface area contributed by atoms with E-state index in [-0.39, 0.29) is 5.96 Å². The van der Waals surface area contributed by atoms with Crippen molar-refractivity contribution >= 4 is 28.1 Å². The van der Waals surface area contributed by atoms with Crippen LogP contribution < -0.4 is 16.2 Å². The molecule has 0 saturated heterocycles. The van der Waals surface area contributed by atoms with Gasteiger partial charge in [-0.2, -0.15) is 5.10 Å². The molecule has 0 atom stereocenters. The van der Waals surface area contributed by atoms with Crippen molar-refractivity contribution < 1.29 is 4.74 Å². The summed E-state index contributed by atoms with van der Waals surface area (Å²) in [6.07, 6.45) is 1.57. The molecule has 0 fully saturated rings. The lowest BCUT2D eigenvalue weighted by Gasteiger charge is -2.06. The summed E-state index contributed by atoms with van der Waals surface area (Å²) in [4.78, 5) is 0. The van der Waals surface area contributed by atoms with Crippen LogP contribution in [0, 0.1) is 0 Å². The normalized spacial score (nSPS) is 10.5. The lowest BCUT2D eigenvalue weighted by atomic mass is 10.2. The van der Waals surface area contributed by atoms with Crippen molar-refractivity contribution in [3.05, 3.63) is 64.1 Å². The van der Waals surface area contributed by atoms with Gasteiger partial charge in [-0.1, -0.05) is 28.1 Å². The zero-order valence-electron chi connectivity index (χ0n) is 11.2. The van der Waals surface area contributed by atoms with Gasteiger partial charge in [-0.05, 0) is 47.5 Å². The highest BCUT2D eigenvalue weighted by Crippen LogP contribution is 2.15. The van der Waals surface area contributed by atoms with Crippen LogP contribution in [0.2, 0.25) is 0 Å². The Balaban J connectivity index is 1.91.